The Kier molecular flexibility index (Phi) is 4.06. The lowest BCUT2D eigenvalue weighted by molar-refractivity contribution is 0.143. The molecule has 1 aromatic rings. The molecule has 0 spiro atoms. The first-order chi connectivity index (χ1) is 8.72. The Morgan fingerprint density at radius 3 is 2.89 bits per heavy atom. The summed E-state index contributed by atoms with van der Waals surface area (Å²) in [7, 11) is 1.60. The fourth-order valence-corrected chi connectivity index (χ4v) is 2.29. The van der Waals surface area contributed by atoms with Crippen LogP contribution in [-0.4, -0.2) is 19.3 Å². The number of ether oxygens (including phenoxy) is 2. The zero-order chi connectivity index (χ0) is 13.0. The summed E-state index contributed by atoms with van der Waals surface area (Å²) in [5.74, 6) is 1.29. The Morgan fingerprint density at radius 2 is 2.22 bits per heavy atom. The van der Waals surface area contributed by atoms with Gasteiger partial charge in [0.05, 0.1) is 12.7 Å². The number of benzene rings is 1. The van der Waals surface area contributed by atoms with Gasteiger partial charge in [0.2, 0.25) is 0 Å². The minimum atomic E-state index is 0.105. The molecular weight excluding hydrogens is 228 g/mol. The van der Waals surface area contributed by atoms with Gasteiger partial charge in [0.1, 0.15) is 23.7 Å². The van der Waals surface area contributed by atoms with Crippen LogP contribution >= 0.6 is 0 Å². The molecule has 4 nitrogen and oxygen atoms in total. The summed E-state index contributed by atoms with van der Waals surface area (Å²) in [6, 6.07) is 7.59. The second-order valence-electron chi connectivity index (χ2n) is 4.64. The van der Waals surface area contributed by atoms with Crippen LogP contribution in [0.15, 0.2) is 18.2 Å². The van der Waals surface area contributed by atoms with Crippen LogP contribution in [0.5, 0.6) is 11.5 Å². The zero-order valence-electron chi connectivity index (χ0n) is 10.6. The molecule has 2 atom stereocenters. The summed E-state index contributed by atoms with van der Waals surface area (Å²) in [6.07, 6.45) is 4.09. The van der Waals surface area contributed by atoms with Crippen molar-refractivity contribution in [1.82, 2.24) is 0 Å². The molecule has 96 valence electrons. The molecule has 0 bridgehead atoms. The quantitative estimate of drug-likeness (QED) is 0.887. The van der Waals surface area contributed by atoms with Gasteiger partial charge >= 0.3 is 0 Å². The van der Waals surface area contributed by atoms with Gasteiger partial charge in [-0.3, -0.25) is 0 Å². The average molecular weight is 246 g/mol. The summed E-state index contributed by atoms with van der Waals surface area (Å²) in [4.78, 5) is 0. The number of nitrogens with zero attached hydrogens (tertiary/aromatic N) is 1. The van der Waals surface area contributed by atoms with Crippen molar-refractivity contribution in [1.29, 1.82) is 5.26 Å². The molecule has 1 aromatic carbocycles. The van der Waals surface area contributed by atoms with Crippen LogP contribution < -0.4 is 15.2 Å². The molecule has 2 unspecified atom stereocenters. The van der Waals surface area contributed by atoms with Gasteiger partial charge in [0.25, 0.3) is 0 Å². The number of hydrogen-bond acceptors (Lipinski definition) is 4. The highest BCUT2D eigenvalue weighted by atomic mass is 16.5. The number of methoxy groups -OCH3 is 1. The molecule has 0 aliphatic heterocycles. The SMILES string of the molecule is COc1ccc(C#N)c(OC2CCCC(N)C2)c1. The lowest BCUT2D eigenvalue weighted by atomic mass is 9.93. The maximum atomic E-state index is 9.07. The Bertz CT molecular complexity index is 454. The van der Waals surface area contributed by atoms with Gasteiger partial charge in [-0.15, -0.1) is 0 Å². The van der Waals surface area contributed by atoms with Crippen LogP contribution in [0, 0.1) is 11.3 Å². The molecule has 1 saturated carbocycles. The molecule has 0 saturated heterocycles. The van der Waals surface area contributed by atoms with Crippen molar-refractivity contribution >= 4 is 0 Å². The molecule has 4 heteroatoms. The highest BCUT2D eigenvalue weighted by Gasteiger charge is 2.21. The second kappa shape index (κ2) is 5.74. The van der Waals surface area contributed by atoms with Crippen molar-refractivity contribution in [3.8, 4) is 17.6 Å². The maximum Gasteiger partial charge on any atom is 0.141 e. The van der Waals surface area contributed by atoms with Crippen molar-refractivity contribution in [2.24, 2.45) is 5.73 Å². The van der Waals surface area contributed by atoms with Gasteiger partial charge in [-0.25, -0.2) is 0 Å². The average Bonchev–Trinajstić information content (AvgIpc) is 2.38. The third-order valence-electron chi connectivity index (χ3n) is 3.27. The van der Waals surface area contributed by atoms with Crippen LogP contribution in [0.3, 0.4) is 0 Å². The Balaban J connectivity index is 2.14. The standard InChI is InChI=1S/C14H18N2O2/c1-17-12-6-5-10(9-15)14(8-12)18-13-4-2-3-11(16)7-13/h5-6,8,11,13H,2-4,7,16H2,1H3. The molecule has 1 aliphatic rings. The van der Waals surface area contributed by atoms with Gasteiger partial charge in [-0.1, -0.05) is 0 Å². The molecule has 0 heterocycles. The topological polar surface area (TPSA) is 68.3 Å². The van der Waals surface area contributed by atoms with Crippen LogP contribution in [0.1, 0.15) is 31.2 Å². The van der Waals surface area contributed by atoms with Gasteiger partial charge in [-0.05, 0) is 37.8 Å². The summed E-state index contributed by atoms with van der Waals surface area (Å²) in [5.41, 5.74) is 6.47. The first-order valence-electron chi connectivity index (χ1n) is 6.23. The molecule has 0 radical (unpaired) electrons. The third kappa shape index (κ3) is 2.93. The largest absolute Gasteiger partial charge is 0.497 e. The highest BCUT2D eigenvalue weighted by molar-refractivity contribution is 5.47. The first-order valence-corrected chi connectivity index (χ1v) is 6.23. The zero-order valence-corrected chi connectivity index (χ0v) is 10.6. The number of rotatable bonds is 3. The fourth-order valence-electron chi connectivity index (χ4n) is 2.29. The van der Waals surface area contributed by atoms with E-state index < -0.39 is 0 Å². The van der Waals surface area contributed by atoms with E-state index in [0.717, 1.165) is 25.7 Å². The number of hydrogen-bond donors (Lipinski definition) is 1. The molecule has 0 amide bonds. The molecular formula is C14H18N2O2. The minimum Gasteiger partial charge on any atom is -0.497 e. The van der Waals surface area contributed by atoms with Crippen LogP contribution in [0.4, 0.5) is 0 Å². The fraction of sp³-hybridized carbons (Fsp3) is 0.500. The highest BCUT2D eigenvalue weighted by Crippen LogP contribution is 2.28. The van der Waals surface area contributed by atoms with Crippen LogP contribution in [-0.2, 0) is 0 Å². The van der Waals surface area contributed by atoms with Gasteiger partial charge < -0.3 is 15.2 Å². The lowest BCUT2D eigenvalue weighted by Gasteiger charge is -2.27. The third-order valence-corrected chi connectivity index (χ3v) is 3.27. The van der Waals surface area contributed by atoms with Crippen molar-refractivity contribution in [3.63, 3.8) is 0 Å². The molecule has 0 aromatic heterocycles. The monoisotopic (exact) mass is 246 g/mol. The molecule has 1 fully saturated rings. The van der Waals surface area contributed by atoms with E-state index in [1.807, 2.05) is 0 Å². The Hall–Kier alpha value is -1.73. The van der Waals surface area contributed by atoms with Crippen LogP contribution in [0.25, 0.3) is 0 Å². The van der Waals surface area contributed by atoms with Crippen molar-refractivity contribution in [3.05, 3.63) is 23.8 Å². The first kappa shape index (κ1) is 12.7. The predicted octanol–water partition coefficient (Wildman–Crippen LogP) is 2.22. The van der Waals surface area contributed by atoms with E-state index in [4.69, 9.17) is 20.5 Å². The normalized spacial score (nSPS) is 23.2. The van der Waals surface area contributed by atoms with Crippen molar-refractivity contribution in [2.45, 2.75) is 37.8 Å². The summed E-state index contributed by atoms with van der Waals surface area (Å²) in [6.45, 7) is 0. The molecule has 2 rings (SSSR count). The molecule has 1 aliphatic carbocycles. The summed E-state index contributed by atoms with van der Waals surface area (Å²) >= 11 is 0. The van der Waals surface area contributed by atoms with Crippen LogP contribution in [0.2, 0.25) is 0 Å². The Morgan fingerprint density at radius 1 is 1.39 bits per heavy atom. The summed E-state index contributed by atoms with van der Waals surface area (Å²) < 4.78 is 11.1. The lowest BCUT2D eigenvalue weighted by Crippen LogP contribution is -2.33. The van der Waals surface area contributed by atoms with Crippen molar-refractivity contribution < 1.29 is 9.47 Å². The van der Waals surface area contributed by atoms with E-state index >= 15 is 0 Å². The van der Waals surface area contributed by atoms with E-state index in [1.54, 1.807) is 25.3 Å². The van der Waals surface area contributed by atoms with Gasteiger partial charge in [0.15, 0.2) is 0 Å². The van der Waals surface area contributed by atoms with Crippen molar-refractivity contribution in [2.75, 3.05) is 7.11 Å². The molecule has 2 N–H and O–H groups in total. The second-order valence-corrected chi connectivity index (χ2v) is 4.64. The van der Waals surface area contributed by atoms with E-state index in [9.17, 15) is 0 Å². The number of nitrogens with two attached hydrogens (primary N) is 1. The maximum absolute atomic E-state index is 9.07. The van der Waals surface area contributed by atoms with E-state index in [2.05, 4.69) is 6.07 Å². The smallest absolute Gasteiger partial charge is 0.141 e. The van der Waals surface area contributed by atoms with E-state index in [0.29, 0.717) is 17.1 Å². The predicted molar refractivity (Wildman–Crippen MR) is 68.6 cm³/mol. The van der Waals surface area contributed by atoms with E-state index in [-0.39, 0.29) is 12.1 Å². The summed E-state index contributed by atoms with van der Waals surface area (Å²) in [5, 5.41) is 9.07. The Labute approximate surface area is 107 Å². The van der Waals surface area contributed by atoms with Gasteiger partial charge in [0, 0.05) is 12.1 Å². The van der Waals surface area contributed by atoms with Gasteiger partial charge in [-0.2, -0.15) is 5.26 Å². The minimum absolute atomic E-state index is 0.105. The van der Waals surface area contributed by atoms with E-state index in [1.165, 1.54) is 0 Å². The molecule has 18 heavy (non-hydrogen) atoms. The number of nitriles is 1.